The van der Waals surface area contributed by atoms with E-state index in [1.165, 1.54) is 0 Å². The Morgan fingerprint density at radius 3 is 3.00 bits per heavy atom. The summed E-state index contributed by atoms with van der Waals surface area (Å²) in [6.45, 7) is 5.19. The van der Waals surface area contributed by atoms with E-state index < -0.39 is 0 Å². The molecule has 0 aromatic carbocycles. The fourth-order valence-electron chi connectivity index (χ4n) is 1.58. The second-order valence-electron chi connectivity index (χ2n) is 3.75. The van der Waals surface area contributed by atoms with Crippen molar-refractivity contribution in [3.63, 3.8) is 0 Å². The monoisotopic (exact) mass is 200 g/mol. The average Bonchev–Trinajstić information content (AvgIpc) is 2.19. The lowest BCUT2D eigenvalue weighted by atomic mass is 10.2. The summed E-state index contributed by atoms with van der Waals surface area (Å²) < 4.78 is 5.29. The number of carbonyl (C=O) groups excluding carboxylic acids is 1. The molecule has 1 rings (SSSR count). The van der Waals surface area contributed by atoms with Crippen molar-refractivity contribution in [1.29, 1.82) is 0 Å². The molecule has 0 aromatic rings. The summed E-state index contributed by atoms with van der Waals surface area (Å²) in [6.07, 6.45) is 1.56. The SMILES string of the molecule is CCCN(C)C(=O)CC1COCCN1. The molecule has 1 heterocycles. The molecule has 1 fully saturated rings. The first kappa shape index (κ1) is 11.5. The molecule has 4 heteroatoms. The summed E-state index contributed by atoms with van der Waals surface area (Å²) in [4.78, 5) is 13.4. The molecule has 1 aliphatic heterocycles. The van der Waals surface area contributed by atoms with Gasteiger partial charge in [0.1, 0.15) is 0 Å². The van der Waals surface area contributed by atoms with Crippen LogP contribution in [0.2, 0.25) is 0 Å². The predicted molar refractivity (Wildman–Crippen MR) is 55.2 cm³/mol. The molecule has 1 aliphatic rings. The van der Waals surface area contributed by atoms with Gasteiger partial charge in [0.15, 0.2) is 0 Å². The van der Waals surface area contributed by atoms with E-state index in [0.29, 0.717) is 13.0 Å². The smallest absolute Gasteiger partial charge is 0.223 e. The molecule has 1 saturated heterocycles. The van der Waals surface area contributed by atoms with Crippen molar-refractivity contribution in [3.8, 4) is 0 Å². The molecule has 1 amide bonds. The van der Waals surface area contributed by atoms with E-state index in [1.54, 1.807) is 4.90 Å². The molecule has 1 N–H and O–H groups in total. The van der Waals surface area contributed by atoms with Gasteiger partial charge in [-0.2, -0.15) is 0 Å². The van der Waals surface area contributed by atoms with E-state index in [-0.39, 0.29) is 11.9 Å². The maximum absolute atomic E-state index is 11.6. The van der Waals surface area contributed by atoms with Crippen LogP contribution in [0.4, 0.5) is 0 Å². The van der Waals surface area contributed by atoms with Crippen LogP contribution in [0, 0.1) is 0 Å². The van der Waals surface area contributed by atoms with Gasteiger partial charge in [0, 0.05) is 32.6 Å². The molecule has 1 atom stereocenters. The van der Waals surface area contributed by atoms with E-state index >= 15 is 0 Å². The van der Waals surface area contributed by atoms with Crippen molar-refractivity contribution in [3.05, 3.63) is 0 Å². The van der Waals surface area contributed by atoms with E-state index in [9.17, 15) is 4.79 Å². The fourth-order valence-corrected chi connectivity index (χ4v) is 1.58. The van der Waals surface area contributed by atoms with Crippen molar-refractivity contribution < 1.29 is 9.53 Å². The second kappa shape index (κ2) is 5.98. The van der Waals surface area contributed by atoms with Crippen LogP contribution in [-0.2, 0) is 9.53 Å². The maximum Gasteiger partial charge on any atom is 0.223 e. The van der Waals surface area contributed by atoms with E-state index in [4.69, 9.17) is 4.74 Å². The number of hydrogen-bond donors (Lipinski definition) is 1. The van der Waals surface area contributed by atoms with Gasteiger partial charge in [-0.15, -0.1) is 0 Å². The standard InChI is InChI=1S/C10H20N2O2/c1-3-5-12(2)10(13)7-9-8-14-6-4-11-9/h9,11H,3-8H2,1-2H3. The Labute approximate surface area is 85.6 Å². The summed E-state index contributed by atoms with van der Waals surface area (Å²) >= 11 is 0. The minimum atomic E-state index is 0.204. The summed E-state index contributed by atoms with van der Waals surface area (Å²) in [7, 11) is 1.86. The molecule has 0 bridgehead atoms. The van der Waals surface area contributed by atoms with Crippen LogP contribution in [0.5, 0.6) is 0 Å². The molecule has 0 aliphatic carbocycles. The highest BCUT2D eigenvalue weighted by molar-refractivity contribution is 5.76. The molecular formula is C10H20N2O2. The van der Waals surface area contributed by atoms with Gasteiger partial charge < -0.3 is 15.0 Å². The minimum Gasteiger partial charge on any atom is -0.378 e. The number of carbonyl (C=O) groups is 1. The van der Waals surface area contributed by atoms with Gasteiger partial charge in [-0.3, -0.25) is 4.79 Å². The number of nitrogens with zero attached hydrogens (tertiary/aromatic N) is 1. The molecular weight excluding hydrogens is 180 g/mol. The predicted octanol–water partition coefficient (Wildman–Crippen LogP) is 0.233. The lowest BCUT2D eigenvalue weighted by Crippen LogP contribution is -2.44. The van der Waals surface area contributed by atoms with Crippen molar-refractivity contribution in [2.75, 3.05) is 33.4 Å². The number of ether oxygens (including phenoxy) is 1. The third kappa shape index (κ3) is 3.64. The first-order valence-electron chi connectivity index (χ1n) is 5.29. The third-order valence-electron chi connectivity index (χ3n) is 2.40. The molecule has 0 saturated carbocycles. The number of morpholine rings is 1. The number of nitrogens with one attached hydrogen (secondary N) is 1. The largest absolute Gasteiger partial charge is 0.378 e. The Bertz CT molecular complexity index is 179. The molecule has 0 spiro atoms. The van der Waals surface area contributed by atoms with Crippen molar-refractivity contribution in [1.82, 2.24) is 10.2 Å². The van der Waals surface area contributed by atoms with Crippen molar-refractivity contribution >= 4 is 5.91 Å². The van der Waals surface area contributed by atoms with Gasteiger partial charge in [-0.25, -0.2) is 0 Å². The zero-order valence-corrected chi connectivity index (χ0v) is 9.08. The van der Waals surface area contributed by atoms with E-state index in [2.05, 4.69) is 12.2 Å². The Morgan fingerprint density at radius 2 is 2.43 bits per heavy atom. The topological polar surface area (TPSA) is 41.6 Å². The molecule has 0 aromatic heterocycles. The quantitative estimate of drug-likeness (QED) is 0.706. The highest BCUT2D eigenvalue weighted by Crippen LogP contribution is 2.01. The summed E-state index contributed by atoms with van der Waals surface area (Å²) in [5.41, 5.74) is 0. The molecule has 82 valence electrons. The normalized spacial score (nSPS) is 22.0. The first-order valence-corrected chi connectivity index (χ1v) is 5.29. The first-order chi connectivity index (χ1) is 6.74. The van der Waals surface area contributed by atoms with E-state index in [1.807, 2.05) is 7.05 Å². The third-order valence-corrected chi connectivity index (χ3v) is 2.40. The Balaban J connectivity index is 2.24. The molecule has 4 nitrogen and oxygen atoms in total. The maximum atomic E-state index is 11.6. The molecule has 1 unspecified atom stereocenters. The molecule has 14 heavy (non-hydrogen) atoms. The second-order valence-corrected chi connectivity index (χ2v) is 3.75. The van der Waals surface area contributed by atoms with Crippen LogP contribution in [0.3, 0.4) is 0 Å². The highest BCUT2D eigenvalue weighted by atomic mass is 16.5. The fraction of sp³-hybridized carbons (Fsp3) is 0.900. The van der Waals surface area contributed by atoms with Gasteiger partial charge in [-0.05, 0) is 6.42 Å². The summed E-state index contributed by atoms with van der Waals surface area (Å²) in [5, 5.41) is 3.27. The van der Waals surface area contributed by atoms with Crippen molar-refractivity contribution in [2.24, 2.45) is 0 Å². The Kier molecular flexibility index (Phi) is 4.90. The van der Waals surface area contributed by atoms with Gasteiger partial charge >= 0.3 is 0 Å². The van der Waals surface area contributed by atoms with E-state index in [0.717, 1.165) is 26.1 Å². The lowest BCUT2D eigenvalue weighted by Gasteiger charge is -2.25. The summed E-state index contributed by atoms with van der Waals surface area (Å²) in [5.74, 6) is 0.204. The van der Waals surface area contributed by atoms with Crippen LogP contribution < -0.4 is 5.32 Å². The van der Waals surface area contributed by atoms with Crippen LogP contribution in [0.15, 0.2) is 0 Å². The molecule has 0 radical (unpaired) electrons. The average molecular weight is 200 g/mol. The zero-order chi connectivity index (χ0) is 10.4. The number of amides is 1. The summed E-state index contributed by atoms with van der Waals surface area (Å²) in [6, 6.07) is 0.204. The Hall–Kier alpha value is -0.610. The zero-order valence-electron chi connectivity index (χ0n) is 9.08. The van der Waals surface area contributed by atoms with Crippen LogP contribution in [0.1, 0.15) is 19.8 Å². The van der Waals surface area contributed by atoms with Crippen LogP contribution >= 0.6 is 0 Å². The van der Waals surface area contributed by atoms with Gasteiger partial charge in [0.2, 0.25) is 5.91 Å². The van der Waals surface area contributed by atoms with Crippen molar-refractivity contribution in [2.45, 2.75) is 25.8 Å². The Morgan fingerprint density at radius 1 is 1.64 bits per heavy atom. The lowest BCUT2D eigenvalue weighted by molar-refractivity contribution is -0.131. The van der Waals surface area contributed by atoms with Crippen LogP contribution in [0.25, 0.3) is 0 Å². The van der Waals surface area contributed by atoms with Gasteiger partial charge in [0.05, 0.1) is 13.2 Å². The van der Waals surface area contributed by atoms with Crippen LogP contribution in [-0.4, -0.2) is 50.2 Å². The highest BCUT2D eigenvalue weighted by Gasteiger charge is 2.18. The minimum absolute atomic E-state index is 0.204. The van der Waals surface area contributed by atoms with Gasteiger partial charge in [0.25, 0.3) is 0 Å². The number of hydrogen-bond acceptors (Lipinski definition) is 3. The number of rotatable bonds is 4. The van der Waals surface area contributed by atoms with Gasteiger partial charge in [-0.1, -0.05) is 6.92 Å².